The number of hydrogen-bond acceptors (Lipinski definition) is 11. The number of thioether (sulfide) groups is 2. The number of unbranched alkanes of at least 4 members (excludes halogenated alkanes) is 1. The monoisotopic (exact) mass is 1320 g/mol. The fourth-order valence-electron chi connectivity index (χ4n) is 10.1. The molecule has 5 amide bonds. The minimum atomic E-state index is -0.719. The second kappa shape index (κ2) is 40.7. The number of ketones is 1. The number of nitrogens with one attached hydrogen (secondary N) is 4. The van der Waals surface area contributed by atoms with Crippen LogP contribution in [0.5, 0.6) is 0 Å². The molecule has 454 valence electrons. The van der Waals surface area contributed by atoms with Crippen LogP contribution in [0, 0.1) is 16.7 Å². The van der Waals surface area contributed by atoms with Gasteiger partial charge in [-0.2, -0.15) is 135 Å². The van der Waals surface area contributed by atoms with Gasteiger partial charge in [0, 0.05) is 31.5 Å². The van der Waals surface area contributed by atoms with Crippen molar-refractivity contribution in [1.29, 1.82) is 0 Å². The number of ether oxygens (including phenoxy) is 2. The van der Waals surface area contributed by atoms with Gasteiger partial charge in [0.25, 0.3) is 0 Å². The minimum Gasteiger partial charge on any atom is -0.381 e. The van der Waals surface area contributed by atoms with Gasteiger partial charge in [-0.05, 0) is 92.4 Å². The molecule has 78 heavy (non-hydrogen) atoms. The summed E-state index contributed by atoms with van der Waals surface area (Å²) in [5, 5.41) is 11.8. The summed E-state index contributed by atoms with van der Waals surface area (Å²) in [4.78, 5) is 86.5. The molecular formula is C52H96N6O8S12. The van der Waals surface area contributed by atoms with Gasteiger partial charge in [-0.1, -0.05) is 102 Å². The van der Waals surface area contributed by atoms with Crippen LogP contribution in [0.1, 0.15) is 123 Å². The molecule has 0 radical (unpaired) electrons. The molecule has 0 bridgehead atoms. The summed E-state index contributed by atoms with van der Waals surface area (Å²) in [6.07, 6.45) is 4.71. The first kappa shape index (κ1) is 86.3. The molecule has 6 rings (SSSR count). The van der Waals surface area contributed by atoms with E-state index in [1.807, 2.05) is 88.4 Å². The molecule has 4 fully saturated rings. The van der Waals surface area contributed by atoms with E-state index in [9.17, 15) is 28.8 Å². The SMILES string of the molecule is CC[C@@H](C)C(=O)N[C@H]1CCS[C@H]2CC(C)(C)[C@@H](C(=O)N[C@H](COCCCCOC[C@@H](CC(=O)[C@H]3N4C(=O)[C@@H](NC(=O)[C@H](C)NC)CCS[C@H]4CC3(C)C)c3ccccc3)c3ccccc3)N2C1=O.S.S.S.S.S.S.S.S.S.S. The van der Waals surface area contributed by atoms with E-state index in [1.54, 1.807) is 47.3 Å². The number of likely N-dealkylation sites (N-methyl/N-ethyl adjacent to an activating group) is 1. The Labute approximate surface area is 544 Å². The van der Waals surface area contributed by atoms with Crippen LogP contribution in [0.3, 0.4) is 0 Å². The third kappa shape index (κ3) is 22.5. The van der Waals surface area contributed by atoms with Crippen LogP contribution >= 0.6 is 158 Å². The lowest BCUT2D eigenvalue weighted by molar-refractivity contribution is -0.144. The molecule has 26 heteroatoms. The molecule has 4 aliphatic heterocycles. The predicted molar refractivity (Wildman–Crippen MR) is 372 cm³/mol. The number of Topliss-reactive ketones (excluding diaryl/α,β-unsaturated/α-hetero) is 1. The van der Waals surface area contributed by atoms with Crippen LogP contribution in [0.25, 0.3) is 0 Å². The molecule has 14 nitrogen and oxygen atoms in total. The molecule has 0 aromatic heterocycles. The van der Waals surface area contributed by atoms with E-state index in [-0.39, 0.29) is 206 Å². The average molecular weight is 1320 g/mol. The van der Waals surface area contributed by atoms with E-state index in [0.29, 0.717) is 69.9 Å². The molecule has 0 unspecified atom stereocenters. The van der Waals surface area contributed by atoms with Crippen molar-refractivity contribution in [2.24, 2.45) is 16.7 Å². The highest BCUT2D eigenvalue weighted by molar-refractivity contribution is 8.00. The molecule has 4 N–H and O–H groups in total. The van der Waals surface area contributed by atoms with E-state index in [2.05, 4.69) is 35.1 Å². The Balaban J connectivity index is -0.00000178. The highest BCUT2D eigenvalue weighted by atomic mass is 32.2. The second-order valence-corrected chi connectivity index (χ2v) is 23.0. The van der Waals surface area contributed by atoms with Crippen molar-refractivity contribution in [3.63, 3.8) is 0 Å². The van der Waals surface area contributed by atoms with Crippen molar-refractivity contribution in [2.75, 3.05) is 45.0 Å². The normalized spacial score (nSPS) is 22.7. The summed E-state index contributed by atoms with van der Waals surface area (Å²) in [5.41, 5.74) is 0.952. The molecule has 4 aliphatic rings. The summed E-state index contributed by atoms with van der Waals surface area (Å²) >= 11 is 3.37. The maximum atomic E-state index is 14.5. The van der Waals surface area contributed by atoms with Crippen LogP contribution in [-0.4, -0.2) is 131 Å². The zero-order valence-corrected chi connectivity index (χ0v) is 58.1. The number of benzene rings is 2. The zero-order valence-electron chi connectivity index (χ0n) is 46.4. The number of fused-ring (bicyclic) bond motifs is 2. The average Bonchev–Trinajstić information content (AvgIpc) is 3.64. The van der Waals surface area contributed by atoms with Gasteiger partial charge in [-0.25, -0.2) is 0 Å². The molecule has 0 saturated carbocycles. The van der Waals surface area contributed by atoms with Crippen molar-refractivity contribution in [1.82, 2.24) is 31.1 Å². The van der Waals surface area contributed by atoms with Crippen LogP contribution in [0.15, 0.2) is 60.7 Å². The van der Waals surface area contributed by atoms with Crippen molar-refractivity contribution in [3.8, 4) is 0 Å². The zero-order chi connectivity index (χ0) is 49.2. The van der Waals surface area contributed by atoms with Crippen molar-refractivity contribution >= 4 is 194 Å². The quantitative estimate of drug-likeness (QED) is 0.0870. The van der Waals surface area contributed by atoms with Gasteiger partial charge < -0.3 is 40.5 Å². The number of carbonyl (C=O) groups excluding carboxylic acids is 6. The number of carbonyl (C=O) groups is 6. The minimum absolute atomic E-state index is 0. The molecule has 4 saturated heterocycles. The first-order chi connectivity index (χ1) is 32.5. The Morgan fingerprint density at radius 1 is 0.641 bits per heavy atom. The predicted octanol–water partition coefficient (Wildman–Crippen LogP) is 7.33. The van der Waals surface area contributed by atoms with E-state index in [1.165, 1.54) is 0 Å². The van der Waals surface area contributed by atoms with Crippen LogP contribution in [0.2, 0.25) is 0 Å². The molecule has 2 aromatic rings. The van der Waals surface area contributed by atoms with Crippen LogP contribution in [0.4, 0.5) is 0 Å². The van der Waals surface area contributed by atoms with Gasteiger partial charge in [0.2, 0.25) is 29.5 Å². The van der Waals surface area contributed by atoms with Gasteiger partial charge in [0.05, 0.1) is 42.1 Å². The molecule has 2 aromatic carbocycles. The summed E-state index contributed by atoms with van der Waals surface area (Å²) in [6.45, 7) is 15.2. The maximum absolute atomic E-state index is 14.5. The second-order valence-electron chi connectivity index (χ2n) is 20.5. The van der Waals surface area contributed by atoms with E-state index >= 15 is 0 Å². The lowest BCUT2D eigenvalue weighted by Gasteiger charge is -2.35. The van der Waals surface area contributed by atoms with E-state index in [0.717, 1.165) is 17.5 Å². The largest absolute Gasteiger partial charge is 0.381 e. The Bertz CT molecular complexity index is 1930. The Morgan fingerprint density at radius 3 is 1.55 bits per heavy atom. The third-order valence-corrected chi connectivity index (χ3v) is 16.8. The molecule has 0 spiro atoms. The Hall–Kier alpha value is -0.460. The topological polar surface area (TPSA) is 175 Å². The van der Waals surface area contributed by atoms with Crippen molar-refractivity contribution in [3.05, 3.63) is 71.8 Å². The number of nitrogens with zero attached hydrogens (tertiary/aromatic N) is 2. The highest BCUT2D eigenvalue weighted by Crippen LogP contribution is 2.48. The first-order valence-electron chi connectivity index (χ1n) is 24.7. The summed E-state index contributed by atoms with van der Waals surface area (Å²) in [6, 6.07) is 16.0. The maximum Gasteiger partial charge on any atom is 0.246 e. The first-order valence-corrected chi connectivity index (χ1v) is 26.8. The molecule has 10 atom stereocenters. The highest BCUT2D eigenvalue weighted by Gasteiger charge is 2.56. The standard InChI is InChI=1S/C52H76N6O8S2.10H2S/c1-9-33(2)46(60)54-38-22-26-68-43-30-52(6,7)45(58(43)50(38)64)48(62)56-40(36-20-14-11-15-21-36)32-66-25-17-16-24-65-31-37(35-18-12-10-13-19-35)28-41(59)44-51(4,5)29-42-57(44)49(63)39(23-27-67-42)55-47(61)34(3)53-8;;;;;;;;;;/h10-15,18-21,33-34,37-40,42-45,53H,9,16-17,22-32H2,1-8H3,(H,54,60)(H,55,61)(H,56,62);10*1H2/t33-,34+,37-,38+,39+,40-,42+,43+,44-,45-;;;;;;;;;;/m1........../s1. The van der Waals surface area contributed by atoms with Gasteiger partial charge in [-0.15, -0.1) is 23.5 Å². The van der Waals surface area contributed by atoms with Crippen molar-refractivity contribution < 1.29 is 38.2 Å². The number of rotatable bonds is 22. The van der Waals surface area contributed by atoms with Crippen LogP contribution < -0.4 is 21.3 Å². The molecule has 0 aliphatic carbocycles. The fraction of sp³-hybridized carbons (Fsp3) is 0.654. The Kier molecular flexibility index (Phi) is 45.1. The lowest BCUT2D eigenvalue weighted by atomic mass is 9.79. The summed E-state index contributed by atoms with van der Waals surface area (Å²) < 4.78 is 12.5. The molecule has 4 heterocycles. The summed E-state index contributed by atoms with van der Waals surface area (Å²) in [5.74, 6) is -0.0133. The third-order valence-electron chi connectivity index (χ3n) is 14.3. The number of hydrogen-bond donors (Lipinski definition) is 4. The van der Waals surface area contributed by atoms with Gasteiger partial charge in [0.1, 0.15) is 18.1 Å². The van der Waals surface area contributed by atoms with E-state index in [4.69, 9.17) is 9.47 Å². The van der Waals surface area contributed by atoms with Gasteiger partial charge >= 0.3 is 0 Å². The van der Waals surface area contributed by atoms with E-state index < -0.39 is 47.1 Å². The van der Waals surface area contributed by atoms with Gasteiger partial charge in [-0.3, -0.25) is 28.8 Å². The van der Waals surface area contributed by atoms with Gasteiger partial charge in [0.15, 0.2) is 5.78 Å². The number of amides is 5. The molecular weight excluding hydrogens is 1220 g/mol. The smallest absolute Gasteiger partial charge is 0.246 e. The Morgan fingerprint density at radius 2 is 1.08 bits per heavy atom. The summed E-state index contributed by atoms with van der Waals surface area (Å²) in [7, 11) is 1.71. The van der Waals surface area contributed by atoms with Crippen molar-refractivity contribution in [2.45, 2.75) is 153 Å². The lowest BCUT2D eigenvalue weighted by Crippen LogP contribution is -2.57. The fourth-order valence-corrected chi connectivity index (χ4v) is 13.2. The van der Waals surface area contributed by atoms with Crippen LogP contribution in [-0.2, 0) is 38.2 Å².